The van der Waals surface area contributed by atoms with Crippen molar-refractivity contribution >= 4 is 5.91 Å². The molecule has 1 aliphatic rings. The first-order chi connectivity index (χ1) is 12.1. The van der Waals surface area contributed by atoms with Crippen molar-refractivity contribution in [2.75, 3.05) is 13.6 Å². The molecule has 0 saturated heterocycles. The fourth-order valence-corrected chi connectivity index (χ4v) is 3.24. The molecule has 0 fully saturated rings. The highest BCUT2D eigenvalue weighted by Gasteiger charge is 2.26. The Bertz CT molecular complexity index is 887. The molecular formula is C19H20N4O2. The molecule has 3 heterocycles. The Balaban J connectivity index is 1.43. The van der Waals surface area contributed by atoms with Gasteiger partial charge in [0.2, 0.25) is 0 Å². The number of carbonyl (C=O) groups excluding carboxylic acids is 1. The van der Waals surface area contributed by atoms with Gasteiger partial charge in [0.1, 0.15) is 23.2 Å². The first-order valence-electron chi connectivity index (χ1n) is 8.29. The van der Waals surface area contributed by atoms with Crippen molar-refractivity contribution in [3.63, 3.8) is 0 Å². The third-order valence-electron chi connectivity index (χ3n) is 4.55. The number of nitrogens with one attached hydrogen (secondary N) is 1. The number of H-pyrrole nitrogens is 1. The summed E-state index contributed by atoms with van der Waals surface area (Å²) in [5.41, 5.74) is 3.40. The van der Waals surface area contributed by atoms with Gasteiger partial charge in [-0.3, -0.25) is 9.89 Å². The number of aromatic amines is 1. The number of rotatable bonds is 4. The maximum Gasteiger partial charge on any atom is 0.271 e. The monoisotopic (exact) mass is 336 g/mol. The molecule has 4 rings (SSSR count). The second-order valence-corrected chi connectivity index (χ2v) is 6.41. The lowest BCUT2D eigenvalue weighted by Crippen LogP contribution is -2.36. The smallest absolute Gasteiger partial charge is 0.271 e. The Kier molecular flexibility index (Phi) is 3.80. The topological polar surface area (TPSA) is 63.1 Å². The molecule has 1 N–H and O–H groups in total. The number of carbonyl (C=O) groups is 1. The molecule has 0 radical (unpaired) electrons. The molecule has 25 heavy (non-hydrogen) atoms. The van der Waals surface area contributed by atoms with Crippen molar-refractivity contribution in [1.29, 1.82) is 0 Å². The minimum Gasteiger partial charge on any atom is -0.488 e. The first-order valence-corrected chi connectivity index (χ1v) is 8.29. The van der Waals surface area contributed by atoms with Crippen LogP contribution in [0.2, 0.25) is 0 Å². The molecule has 1 aliphatic heterocycles. The highest BCUT2D eigenvalue weighted by molar-refractivity contribution is 5.93. The van der Waals surface area contributed by atoms with Gasteiger partial charge in [0.05, 0.1) is 12.2 Å². The van der Waals surface area contributed by atoms with E-state index < -0.39 is 0 Å². The average molecular weight is 336 g/mol. The average Bonchev–Trinajstić information content (AvgIpc) is 3.31. The molecular weight excluding hydrogens is 316 g/mol. The van der Waals surface area contributed by atoms with Gasteiger partial charge in [-0.15, -0.1) is 0 Å². The number of hydrogen-bond donors (Lipinski definition) is 1. The summed E-state index contributed by atoms with van der Waals surface area (Å²) in [6.45, 7) is 0.534. The van der Waals surface area contributed by atoms with E-state index in [1.165, 1.54) is 5.56 Å². The van der Waals surface area contributed by atoms with Gasteiger partial charge in [0.25, 0.3) is 5.91 Å². The van der Waals surface area contributed by atoms with Crippen LogP contribution < -0.4 is 4.74 Å². The number of ether oxygens (including phenoxy) is 1. The molecule has 0 spiro atoms. The summed E-state index contributed by atoms with van der Waals surface area (Å²) >= 11 is 0. The first kappa shape index (κ1) is 15.5. The number of likely N-dealkylation sites (N-methyl/N-ethyl adjacent to an activating group) is 1. The van der Waals surface area contributed by atoms with E-state index in [0.29, 0.717) is 12.2 Å². The number of nitrogens with zero attached hydrogens (tertiary/aromatic N) is 3. The van der Waals surface area contributed by atoms with E-state index in [2.05, 4.69) is 16.3 Å². The van der Waals surface area contributed by atoms with Crippen LogP contribution in [-0.2, 0) is 13.5 Å². The van der Waals surface area contributed by atoms with Crippen LogP contribution in [0.15, 0.2) is 48.7 Å². The molecule has 2 aromatic heterocycles. The van der Waals surface area contributed by atoms with E-state index >= 15 is 0 Å². The quantitative estimate of drug-likeness (QED) is 0.796. The Morgan fingerprint density at radius 1 is 1.36 bits per heavy atom. The predicted octanol–water partition coefficient (Wildman–Crippen LogP) is 2.49. The highest BCUT2D eigenvalue weighted by Crippen LogP contribution is 2.28. The Morgan fingerprint density at radius 3 is 2.96 bits per heavy atom. The number of aryl methyl sites for hydroxylation is 1. The fraction of sp³-hybridized carbons (Fsp3) is 0.263. The highest BCUT2D eigenvalue weighted by atomic mass is 16.5. The summed E-state index contributed by atoms with van der Waals surface area (Å²) in [7, 11) is 3.74. The zero-order chi connectivity index (χ0) is 17.4. The van der Waals surface area contributed by atoms with Gasteiger partial charge in [-0.1, -0.05) is 18.2 Å². The number of para-hydroxylation sites is 1. The van der Waals surface area contributed by atoms with Crippen LogP contribution >= 0.6 is 0 Å². The lowest BCUT2D eigenvalue weighted by atomic mass is 10.1. The van der Waals surface area contributed by atoms with Gasteiger partial charge >= 0.3 is 0 Å². The molecule has 0 aliphatic carbocycles. The molecule has 0 bridgehead atoms. The van der Waals surface area contributed by atoms with Gasteiger partial charge in [0.15, 0.2) is 0 Å². The number of benzene rings is 1. The standard InChI is InChI=1S/C19H20N4O2/c1-22-9-5-7-17(22)15-11-16(21-20-15)19(24)23(2)12-14-10-13-6-3-4-8-18(13)25-14/h3-9,11,14H,10,12H2,1-2H3,(H,20,21). The van der Waals surface area contributed by atoms with Crippen LogP contribution in [0.1, 0.15) is 16.1 Å². The second kappa shape index (κ2) is 6.12. The van der Waals surface area contributed by atoms with Gasteiger partial charge in [0, 0.05) is 26.7 Å². The van der Waals surface area contributed by atoms with Crippen molar-refractivity contribution in [3.8, 4) is 17.1 Å². The third-order valence-corrected chi connectivity index (χ3v) is 4.55. The molecule has 6 heteroatoms. The van der Waals surface area contributed by atoms with Crippen molar-refractivity contribution in [2.45, 2.75) is 12.5 Å². The number of hydrogen-bond acceptors (Lipinski definition) is 3. The Morgan fingerprint density at radius 2 is 2.20 bits per heavy atom. The zero-order valence-electron chi connectivity index (χ0n) is 14.3. The number of aromatic nitrogens is 3. The summed E-state index contributed by atoms with van der Waals surface area (Å²) in [6, 6.07) is 13.7. The number of amides is 1. The fourth-order valence-electron chi connectivity index (χ4n) is 3.24. The maximum atomic E-state index is 12.7. The lowest BCUT2D eigenvalue weighted by Gasteiger charge is -2.20. The van der Waals surface area contributed by atoms with Crippen LogP contribution in [0.25, 0.3) is 11.4 Å². The summed E-state index contributed by atoms with van der Waals surface area (Å²) in [5, 5.41) is 7.11. The summed E-state index contributed by atoms with van der Waals surface area (Å²) in [6.07, 6.45) is 2.76. The van der Waals surface area contributed by atoms with Crippen LogP contribution in [0.4, 0.5) is 0 Å². The zero-order valence-corrected chi connectivity index (χ0v) is 14.3. The van der Waals surface area contributed by atoms with Gasteiger partial charge < -0.3 is 14.2 Å². The molecule has 1 unspecified atom stereocenters. The van der Waals surface area contributed by atoms with E-state index in [0.717, 1.165) is 23.6 Å². The summed E-state index contributed by atoms with van der Waals surface area (Å²) < 4.78 is 7.89. The van der Waals surface area contributed by atoms with Crippen LogP contribution in [0.3, 0.4) is 0 Å². The van der Waals surface area contributed by atoms with Crippen molar-refractivity contribution in [2.24, 2.45) is 7.05 Å². The largest absolute Gasteiger partial charge is 0.488 e. The van der Waals surface area contributed by atoms with E-state index in [1.807, 2.05) is 48.1 Å². The molecule has 6 nitrogen and oxygen atoms in total. The maximum absolute atomic E-state index is 12.7. The van der Waals surface area contributed by atoms with Crippen molar-refractivity contribution in [3.05, 3.63) is 59.9 Å². The molecule has 1 aromatic carbocycles. The molecule has 0 saturated carbocycles. The summed E-state index contributed by atoms with van der Waals surface area (Å²) in [4.78, 5) is 14.3. The van der Waals surface area contributed by atoms with E-state index in [-0.39, 0.29) is 12.0 Å². The third kappa shape index (κ3) is 2.91. The minimum atomic E-state index is -0.0903. The van der Waals surface area contributed by atoms with Crippen molar-refractivity contribution in [1.82, 2.24) is 19.7 Å². The summed E-state index contributed by atoms with van der Waals surface area (Å²) in [5.74, 6) is 0.827. The van der Waals surface area contributed by atoms with Crippen LogP contribution in [0, 0.1) is 0 Å². The Labute approximate surface area is 146 Å². The van der Waals surface area contributed by atoms with Crippen LogP contribution in [-0.4, -0.2) is 45.3 Å². The Hall–Kier alpha value is -3.02. The SMILES string of the molecule is CN(CC1Cc2ccccc2O1)C(=O)c1cc(-c2cccn2C)n[nH]1. The second-order valence-electron chi connectivity index (χ2n) is 6.41. The van der Waals surface area contributed by atoms with Gasteiger partial charge in [-0.2, -0.15) is 5.10 Å². The minimum absolute atomic E-state index is 0.0124. The molecule has 1 atom stereocenters. The molecule has 1 amide bonds. The number of fused-ring (bicyclic) bond motifs is 1. The lowest BCUT2D eigenvalue weighted by molar-refractivity contribution is 0.0724. The van der Waals surface area contributed by atoms with E-state index in [4.69, 9.17) is 4.74 Å². The van der Waals surface area contributed by atoms with Gasteiger partial charge in [-0.25, -0.2) is 0 Å². The van der Waals surface area contributed by atoms with Crippen molar-refractivity contribution < 1.29 is 9.53 Å². The van der Waals surface area contributed by atoms with E-state index in [9.17, 15) is 4.79 Å². The molecule has 128 valence electrons. The van der Waals surface area contributed by atoms with E-state index in [1.54, 1.807) is 18.0 Å². The molecule has 3 aromatic rings. The normalized spacial score (nSPS) is 15.7. The van der Waals surface area contributed by atoms with Gasteiger partial charge in [-0.05, 0) is 29.8 Å². The van der Waals surface area contributed by atoms with Crippen LogP contribution in [0.5, 0.6) is 5.75 Å². The predicted molar refractivity (Wildman–Crippen MR) is 94.5 cm³/mol.